The van der Waals surface area contributed by atoms with E-state index in [1.165, 1.54) is 0 Å². The number of hydrogen-bond acceptors (Lipinski definition) is 3. The molecule has 1 amide bonds. The van der Waals surface area contributed by atoms with Gasteiger partial charge in [0.25, 0.3) is 0 Å². The lowest BCUT2D eigenvalue weighted by molar-refractivity contribution is -0.131. The van der Waals surface area contributed by atoms with Crippen molar-refractivity contribution in [3.63, 3.8) is 0 Å². The fourth-order valence-electron chi connectivity index (χ4n) is 1.05. The summed E-state index contributed by atoms with van der Waals surface area (Å²) in [7, 11) is 1.72. The molecule has 0 aliphatic heterocycles. The highest BCUT2D eigenvalue weighted by molar-refractivity contribution is 5.81. The Morgan fingerprint density at radius 2 is 2.00 bits per heavy atom. The molecule has 0 aromatic rings. The lowest BCUT2D eigenvalue weighted by atomic mass is 9.92. The number of carbonyl (C=O) groups is 1. The highest BCUT2D eigenvalue weighted by Gasteiger charge is 2.18. The van der Waals surface area contributed by atoms with Crippen LogP contribution in [0.4, 0.5) is 0 Å². The summed E-state index contributed by atoms with van der Waals surface area (Å²) in [5.74, 6) is 0.221. The molecule has 0 aliphatic carbocycles. The van der Waals surface area contributed by atoms with Crippen molar-refractivity contribution >= 4 is 11.7 Å². The monoisotopic (exact) mass is 215 g/mol. The van der Waals surface area contributed by atoms with E-state index in [-0.39, 0.29) is 17.2 Å². The molecule has 0 aliphatic rings. The molecule has 0 fully saturated rings. The summed E-state index contributed by atoms with van der Waals surface area (Å²) >= 11 is 0. The first-order chi connectivity index (χ1) is 6.76. The maximum Gasteiger partial charge on any atom is 0.222 e. The van der Waals surface area contributed by atoms with Gasteiger partial charge in [-0.2, -0.15) is 0 Å². The quantitative estimate of drug-likeness (QED) is 0.318. The van der Waals surface area contributed by atoms with Crippen LogP contribution in [0.25, 0.3) is 0 Å². The Hall–Kier alpha value is -1.26. The van der Waals surface area contributed by atoms with Crippen LogP contribution in [0.3, 0.4) is 0 Å². The van der Waals surface area contributed by atoms with E-state index in [0.29, 0.717) is 19.4 Å². The van der Waals surface area contributed by atoms with E-state index < -0.39 is 0 Å². The van der Waals surface area contributed by atoms with Gasteiger partial charge in [0.2, 0.25) is 5.91 Å². The second kappa shape index (κ2) is 5.58. The summed E-state index contributed by atoms with van der Waals surface area (Å²) in [4.78, 5) is 13.2. The molecule has 0 spiro atoms. The van der Waals surface area contributed by atoms with Crippen LogP contribution in [0.2, 0.25) is 0 Å². The van der Waals surface area contributed by atoms with Gasteiger partial charge in [-0.25, -0.2) is 0 Å². The summed E-state index contributed by atoms with van der Waals surface area (Å²) in [5.41, 5.74) is 5.30. The smallest absolute Gasteiger partial charge is 0.222 e. The maximum absolute atomic E-state index is 11.6. The summed E-state index contributed by atoms with van der Waals surface area (Å²) < 4.78 is 0. The van der Waals surface area contributed by atoms with Crippen molar-refractivity contribution in [3.05, 3.63) is 0 Å². The van der Waals surface area contributed by atoms with Gasteiger partial charge in [-0.05, 0) is 5.41 Å². The molecular formula is C10H21N3O2. The highest BCUT2D eigenvalue weighted by atomic mass is 16.4. The summed E-state index contributed by atoms with van der Waals surface area (Å²) in [6, 6.07) is 0. The average Bonchev–Trinajstić information content (AvgIpc) is 2.10. The number of nitrogens with two attached hydrogens (primary N) is 1. The van der Waals surface area contributed by atoms with Crippen LogP contribution in [0.1, 0.15) is 33.6 Å². The molecule has 0 aromatic carbocycles. The van der Waals surface area contributed by atoms with Gasteiger partial charge in [0.15, 0.2) is 0 Å². The Morgan fingerprint density at radius 1 is 1.47 bits per heavy atom. The first-order valence-corrected chi connectivity index (χ1v) is 4.96. The number of amidine groups is 1. The zero-order valence-corrected chi connectivity index (χ0v) is 9.95. The van der Waals surface area contributed by atoms with E-state index in [2.05, 4.69) is 5.16 Å². The lowest BCUT2D eigenvalue weighted by Crippen LogP contribution is -2.32. The van der Waals surface area contributed by atoms with Gasteiger partial charge in [0.1, 0.15) is 5.84 Å². The van der Waals surface area contributed by atoms with Crippen molar-refractivity contribution in [2.45, 2.75) is 33.6 Å². The van der Waals surface area contributed by atoms with Crippen molar-refractivity contribution < 1.29 is 10.0 Å². The van der Waals surface area contributed by atoms with E-state index in [9.17, 15) is 4.79 Å². The van der Waals surface area contributed by atoms with E-state index in [1.54, 1.807) is 11.9 Å². The molecule has 0 aromatic heterocycles. The number of oxime groups is 1. The minimum Gasteiger partial charge on any atom is -0.409 e. The van der Waals surface area contributed by atoms with Gasteiger partial charge in [0, 0.05) is 26.4 Å². The van der Waals surface area contributed by atoms with Gasteiger partial charge in [0.05, 0.1) is 0 Å². The summed E-state index contributed by atoms with van der Waals surface area (Å²) in [5, 5.41) is 11.2. The van der Waals surface area contributed by atoms with Gasteiger partial charge in [-0.15, -0.1) is 0 Å². The highest BCUT2D eigenvalue weighted by Crippen LogP contribution is 2.19. The minimum atomic E-state index is -0.0119. The minimum absolute atomic E-state index is 0.0119. The zero-order chi connectivity index (χ0) is 12.1. The second-order valence-electron chi connectivity index (χ2n) is 4.89. The molecule has 5 nitrogen and oxygen atoms in total. The van der Waals surface area contributed by atoms with Crippen LogP contribution < -0.4 is 5.73 Å². The first-order valence-electron chi connectivity index (χ1n) is 4.96. The molecule has 15 heavy (non-hydrogen) atoms. The maximum atomic E-state index is 11.6. The van der Waals surface area contributed by atoms with Crippen LogP contribution >= 0.6 is 0 Å². The predicted molar refractivity (Wildman–Crippen MR) is 59.7 cm³/mol. The van der Waals surface area contributed by atoms with Crippen molar-refractivity contribution in [2.75, 3.05) is 13.6 Å². The van der Waals surface area contributed by atoms with Crippen LogP contribution in [-0.4, -0.2) is 35.4 Å². The third-order valence-corrected chi connectivity index (χ3v) is 1.94. The molecule has 88 valence electrons. The Labute approximate surface area is 90.9 Å². The van der Waals surface area contributed by atoms with Crippen molar-refractivity contribution in [1.82, 2.24) is 4.90 Å². The molecular weight excluding hydrogens is 194 g/mol. The number of rotatable bonds is 4. The molecule has 0 radical (unpaired) electrons. The second-order valence-corrected chi connectivity index (χ2v) is 4.89. The van der Waals surface area contributed by atoms with Gasteiger partial charge >= 0.3 is 0 Å². The first kappa shape index (κ1) is 13.7. The number of carbonyl (C=O) groups excluding carboxylic acids is 1. The number of nitrogens with zero attached hydrogens (tertiary/aromatic N) is 2. The summed E-state index contributed by atoms with van der Waals surface area (Å²) in [6.07, 6.45) is 0.891. The molecule has 5 heteroatoms. The lowest BCUT2D eigenvalue weighted by Gasteiger charge is -2.23. The predicted octanol–water partition coefficient (Wildman–Crippen LogP) is 1.02. The molecule has 0 heterocycles. The van der Waals surface area contributed by atoms with E-state index >= 15 is 0 Å². The molecule has 3 N–H and O–H groups in total. The van der Waals surface area contributed by atoms with Crippen molar-refractivity contribution in [3.8, 4) is 0 Å². The Balaban J connectivity index is 4.01. The molecule has 0 atom stereocenters. The van der Waals surface area contributed by atoms with E-state index in [0.717, 1.165) is 0 Å². The van der Waals surface area contributed by atoms with Crippen LogP contribution in [0, 0.1) is 5.41 Å². The van der Waals surface area contributed by atoms with Crippen LogP contribution in [0.5, 0.6) is 0 Å². The fraction of sp³-hybridized carbons (Fsp3) is 0.800. The largest absolute Gasteiger partial charge is 0.409 e. The fourth-order valence-corrected chi connectivity index (χ4v) is 1.05. The van der Waals surface area contributed by atoms with E-state index in [1.807, 2.05) is 20.8 Å². The zero-order valence-electron chi connectivity index (χ0n) is 9.95. The SMILES string of the molecule is CN(CC/C(N)=N/O)C(=O)CC(C)(C)C. The van der Waals surface area contributed by atoms with Crippen molar-refractivity contribution in [2.24, 2.45) is 16.3 Å². The van der Waals surface area contributed by atoms with Crippen LogP contribution in [0.15, 0.2) is 5.16 Å². The van der Waals surface area contributed by atoms with Gasteiger partial charge < -0.3 is 15.8 Å². The van der Waals surface area contributed by atoms with Gasteiger partial charge in [-0.3, -0.25) is 4.79 Å². The molecule has 0 rings (SSSR count). The Morgan fingerprint density at radius 3 is 2.40 bits per heavy atom. The Kier molecular flexibility index (Phi) is 5.11. The van der Waals surface area contributed by atoms with Crippen molar-refractivity contribution in [1.29, 1.82) is 0 Å². The van der Waals surface area contributed by atoms with E-state index in [4.69, 9.17) is 10.9 Å². The average molecular weight is 215 g/mol. The number of hydrogen-bond donors (Lipinski definition) is 2. The van der Waals surface area contributed by atoms with Crippen LogP contribution in [-0.2, 0) is 4.79 Å². The third kappa shape index (κ3) is 6.76. The standard InChI is InChI=1S/C10H21N3O2/c1-10(2,3)7-9(14)13(4)6-5-8(11)12-15/h15H,5-7H2,1-4H3,(H2,11,12). The third-order valence-electron chi connectivity index (χ3n) is 1.94. The topological polar surface area (TPSA) is 78.9 Å². The normalized spacial score (nSPS) is 12.7. The Bertz CT molecular complexity index is 244. The molecule has 0 saturated carbocycles. The molecule has 0 saturated heterocycles. The molecule has 0 bridgehead atoms. The van der Waals surface area contributed by atoms with Gasteiger partial charge in [-0.1, -0.05) is 25.9 Å². The summed E-state index contributed by atoms with van der Waals surface area (Å²) in [6.45, 7) is 6.53. The number of amides is 1. The molecule has 0 unspecified atom stereocenters.